The standard InChI is InChI=1S/C16H16BrClFNS/c1-20-13(8-11-4-2-7-15(19)16(11)18)10-21-14-6-3-5-12(17)9-14/h2-7,9,13,20H,8,10H2,1H3. The molecular weight excluding hydrogens is 373 g/mol. The highest BCUT2D eigenvalue weighted by molar-refractivity contribution is 9.10. The summed E-state index contributed by atoms with van der Waals surface area (Å²) < 4.78 is 14.5. The fourth-order valence-corrected chi connectivity index (χ4v) is 3.79. The third kappa shape index (κ3) is 4.99. The van der Waals surface area contributed by atoms with Crippen molar-refractivity contribution in [2.24, 2.45) is 0 Å². The van der Waals surface area contributed by atoms with E-state index >= 15 is 0 Å². The molecule has 5 heteroatoms. The zero-order chi connectivity index (χ0) is 15.2. The lowest BCUT2D eigenvalue weighted by Crippen LogP contribution is -2.30. The number of rotatable bonds is 6. The number of hydrogen-bond acceptors (Lipinski definition) is 2. The normalized spacial score (nSPS) is 12.4. The van der Waals surface area contributed by atoms with Crippen molar-refractivity contribution in [2.75, 3.05) is 12.8 Å². The van der Waals surface area contributed by atoms with Crippen LogP contribution in [0.4, 0.5) is 4.39 Å². The van der Waals surface area contributed by atoms with E-state index in [2.05, 4.69) is 33.4 Å². The van der Waals surface area contributed by atoms with Gasteiger partial charge in [0, 0.05) is 21.2 Å². The first-order chi connectivity index (χ1) is 10.1. The number of hydrogen-bond donors (Lipinski definition) is 1. The highest BCUT2D eigenvalue weighted by Gasteiger charge is 2.12. The first-order valence-electron chi connectivity index (χ1n) is 6.58. The van der Waals surface area contributed by atoms with Crippen molar-refractivity contribution in [1.29, 1.82) is 0 Å². The van der Waals surface area contributed by atoms with Crippen LogP contribution >= 0.6 is 39.3 Å². The van der Waals surface area contributed by atoms with Crippen molar-refractivity contribution < 1.29 is 4.39 Å². The Kier molecular flexibility index (Phi) is 6.55. The molecule has 0 aliphatic carbocycles. The maximum absolute atomic E-state index is 13.5. The molecular formula is C16H16BrClFNS. The van der Waals surface area contributed by atoms with Crippen LogP contribution in [0.2, 0.25) is 5.02 Å². The molecule has 112 valence electrons. The summed E-state index contributed by atoms with van der Waals surface area (Å²) in [6.07, 6.45) is 0.702. The van der Waals surface area contributed by atoms with E-state index < -0.39 is 0 Å². The molecule has 0 saturated carbocycles. The summed E-state index contributed by atoms with van der Waals surface area (Å²) in [6, 6.07) is 13.4. The third-order valence-electron chi connectivity index (χ3n) is 3.15. The first kappa shape index (κ1) is 16.8. The maximum Gasteiger partial charge on any atom is 0.142 e. The summed E-state index contributed by atoms with van der Waals surface area (Å²) in [7, 11) is 1.92. The van der Waals surface area contributed by atoms with E-state index in [0.29, 0.717) is 6.42 Å². The average Bonchev–Trinajstić information content (AvgIpc) is 2.48. The summed E-state index contributed by atoms with van der Waals surface area (Å²) in [5.41, 5.74) is 0.839. The molecule has 0 amide bonds. The molecule has 0 saturated heterocycles. The van der Waals surface area contributed by atoms with E-state index in [0.717, 1.165) is 15.8 Å². The minimum atomic E-state index is -0.358. The van der Waals surface area contributed by atoms with Gasteiger partial charge in [-0.15, -0.1) is 11.8 Å². The molecule has 1 N–H and O–H groups in total. The van der Waals surface area contributed by atoms with Gasteiger partial charge in [0.15, 0.2) is 0 Å². The summed E-state index contributed by atoms with van der Waals surface area (Å²) in [6.45, 7) is 0. The Bertz CT molecular complexity index is 609. The average molecular weight is 389 g/mol. The maximum atomic E-state index is 13.5. The van der Waals surface area contributed by atoms with Crippen molar-refractivity contribution in [3.63, 3.8) is 0 Å². The zero-order valence-electron chi connectivity index (χ0n) is 11.6. The molecule has 1 atom stereocenters. The van der Waals surface area contributed by atoms with Crippen LogP contribution in [0, 0.1) is 5.82 Å². The Balaban J connectivity index is 1.99. The van der Waals surface area contributed by atoms with Crippen molar-refractivity contribution in [3.05, 3.63) is 63.3 Å². The molecule has 0 bridgehead atoms. The van der Waals surface area contributed by atoms with E-state index in [1.165, 1.54) is 11.0 Å². The second kappa shape index (κ2) is 8.18. The van der Waals surface area contributed by atoms with Crippen molar-refractivity contribution in [3.8, 4) is 0 Å². The fraction of sp³-hybridized carbons (Fsp3) is 0.250. The molecule has 2 rings (SSSR count). The monoisotopic (exact) mass is 387 g/mol. The quantitative estimate of drug-likeness (QED) is 0.686. The van der Waals surface area contributed by atoms with Gasteiger partial charge in [-0.05, 0) is 43.3 Å². The predicted molar refractivity (Wildman–Crippen MR) is 92.8 cm³/mol. The van der Waals surface area contributed by atoms with E-state index in [1.54, 1.807) is 17.8 Å². The van der Waals surface area contributed by atoms with Gasteiger partial charge in [0.1, 0.15) is 5.82 Å². The van der Waals surface area contributed by atoms with Gasteiger partial charge in [0.25, 0.3) is 0 Å². The molecule has 0 radical (unpaired) electrons. The van der Waals surface area contributed by atoms with E-state index in [9.17, 15) is 4.39 Å². The van der Waals surface area contributed by atoms with Crippen LogP contribution in [0.5, 0.6) is 0 Å². The Labute approximate surface area is 142 Å². The van der Waals surface area contributed by atoms with Crippen LogP contribution in [-0.4, -0.2) is 18.8 Å². The minimum absolute atomic E-state index is 0.227. The predicted octanol–water partition coefficient (Wildman–Crippen LogP) is 5.16. The molecule has 0 heterocycles. The molecule has 0 aliphatic heterocycles. The Morgan fingerprint density at radius 1 is 1.29 bits per heavy atom. The third-order valence-corrected chi connectivity index (χ3v) is 5.23. The summed E-state index contributed by atoms with van der Waals surface area (Å²) >= 11 is 11.3. The molecule has 0 spiro atoms. The minimum Gasteiger partial charge on any atom is -0.316 e. The van der Waals surface area contributed by atoms with Crippen LogP contribution in [0.3, 0.4) is 0 Å². The Morgan fingerprint density at radius 3 is 2.76 bits per heavy atom. The molecule has 0 aromatic heterocycles. The smallest absolute Gasteiger partial charge is 0.142 e. The van der Waals surface area contributed by atoms with Crippen molar-refractivity contribution >= 4 is 39.3 Å². The van der Waals surface area contributed by atoms with Gasteiger partial charge in [-0.1, -0.05) is 45.7 Å². The molecule has 2 aromatic carbocycles. The van der Waals surface area contributed by atoms with E-state index in [1.807, 2.05) is 25.2 Å². The number of nitrogens with one attached hydrogen (secondary N) is 1. The van der Waals surface area contributed by atoms with Gasteiger partial charge in [-0.2, -0.15) is 0 Å². The van der Waals surface area contributed by atoms with Gasteiger partial charge >= 0.3 is 0 Å². The van der Waals surface area contributed by atoms with Gasteiger partial charge in [0.2, 0.25) is 0 Å². The fourth-order valence-electron chi connectivity index (χ4n) is 1.97. The topological polar surface area (TPSA) is 12.0 Å². The molecule has 0 fully saturated rings. The Hall–Kier alpha value is -0.550. The van der Waals surface area contributed by atoms with Crippen LogP contribution < -0.4 is 5.32 Å². The van der Waals surface area contributed by atoms with Crippen LogP contribution in [-0.2, 0) is 6.42 Å². The Morgan fingerprint density at radius 2 is 2.05 bits per heavy atom. The second-order valence-electron chi connectivity index (χ2n) is 4.67. The zero-order valence-corrected chi connectivity index (χ0v) is 14.7. The number of likely N-dealkylation sites (N-methyl/N-ethyl adjacent to an activating group) is 1. The lowest BCUT2D eigenvalue weighted by atomic mass is 10.1. The molecule has 1 nitrogen and oxygen atoms in total. The van der Waals surface area contributed by atoms with E-state index in [-0.39, 0.29) is 16.9 Å². The summed E-state index contributed by atoms with van der Waals surface area (Å²) in [5.74, 6) is 0.531. The molecule has 21 heavy (non-hydrogen) atoms. The largest absolute Gasteiger partial charge is 0.316 e. The van der Waals surface area contributed by atoms with Crippen LogP contribution in [0.15, 0.2) is 51.8 Å². The molecule has 2 aromatic rings. The van der Waals surface area contributed by atoms with Gasteiger partial charge in [-0.25, -0.2) is 4.39 Å². The number of halogens is 3. The van der Waals surface area contributed by atoms with Crippen LogP contribution in [0.1, 0.15) is 5.56 Å². The van der Waals surface area contributed by atoms with Crippen molar-refractivity contribution in [2.45, 2.75) is 17.4 Å². The van der Waals surface area contributed by atoms with Crippen molar-refractivity contribution in [1.82, 2.24) is 5.32 Å². The van der Waals surface area contributed by atoms with Gasteiger partial charge < -0.3 is 5.32 Å². The molecule has 1 unspecified atom stereocenters. The molecule has 0 aliphatic rings. The number of thioether (sulfide) groups is 1. The first-order valence-corrected chi connectivity index (χ1v) is 8.74. The highest BCUT2D eigenvalue weighted by atomic mass is 79.9. The second-order valence-corrected chi connectivity index (χ2v) is 7.06. The van der Waals surface area contributed by atoms with Crippen LogP contribution in [0.25, 0.3) is 0 Å². The summed E-state index contributed by atoms with van der Waals surface area (Å²) in [5, 5.41) is 3.50. The lowest BCUT2D eigenvalue weighted by molar-refractivity contribution is 0.603. The number of benzene rings is 2. The summed E-state index contributed by atoms with van der Waals surface area (Å²) in [4.78, 5) is 1.20. The highest BCUT2D eigenvalue weighted by Crippen LogP contribution is 2.25. The van der Waals surface area contributed by atoms with Gasteiger partial charge in [0.05, 0.1) is 5.02 Å². The lowest BCUT2D eigenvalue weighted by Gasteiger charge is -2.17. The van der Waals surface area contributed by atoms with Gasteiger partial charge in [-0.3, -0.25) is 0 Å². The van der Waals surface area contributed by atoms with E-state index in [4.69, 9.17) is 11.6 Å². The SMILES string of the molecule is CNC(CSc1cccc(Br)c1)Cc1cccc(F)c1Cl.